The van der Waals surface area contributed by atoms with Crippen molar-refractivity contribution in [3.8, 4) is 72.4 Å². The molecular weight excluding hydrogens is 1100 g/mol. The molecular formula is C89H67NO. The third kappa shape index (κ3) is 8.31. The van der Waals surface area contributed by atoms with Gasteiger partial charge in [0.15, 0.2) is 0 Å². The average Bonchev–Trinajstić information content (AvgIpc) is 1.54. The van der Waals surface area contributed by atoms with Gasteiger partial charge in [-0.2, -0.15) is 0 Å². The van der Waals surface area contributed by atoms with Crippen LogP contribution in [0.25, 0.3) is 116 Å². The number of nitrogens with zero attached hydrogens (tertiary/aromatic N) is 1. The molecule has 3 aliphatic rings. The minimum Gasteiger partial charge on any atom is -0.455 e. The molecule has 0 radical (unpaired) electrons. The Morgan fingerprint density at radius 3 is 1.65 bits per heavy atom. The Hall–Kier alpha value is -10.5. The van der Waals surface area contributed by atoms with E-state index in [0.717, 1.165) is 52.3 Å². The van der Waals surface area contributed by atoms with E-state index >= 15 is 0 Å². The standard InChI is InChI=1S/C89H67NO/c1-88(2)78-32-19-29-65(59-40-44-61(45-41-59)74(50-55-36-38-57(39-37-55)56-20-6-5-7-21-56)62-46-42-60(43-47-62)66-30-18-31-73-72-28-14-17-35-84(72)91-87(66)73)85(78)76-53-80-77(54-79(76)88)86-75(69-49-48-58-22-8-9-23-64(58)67-24-10-11-25-68(67)69)51-63(52-81(86)89(80,3)4)90-82-33-15-12-26-70(82)71-27-13-16-34-83(71)90/h5-47,51-54,69,74H,48-50H2,1-4H3. The van der Waals surface area contributed by atoms with E-state index in [4.69, 9.17) is 4.42 Å². The van der Waals surface area contributed by atoms with E-state index in [1.807, 2.05) is 6.07 Å². The molecule has 3 aliphatic carbocycles. The molecule has 2 atom stereocenters. The molecule has 0 saturated heterocycles. The van der Waals surface area contributed by atoms with Gasteiger partial charge in [-0.1, -0.05) is 270 Å². The molecule has 0 N–H and O–H groups in total. The lowest BCUT2D eigenvalue weighted by atomic mass is 9.78. The molecule has 0 spiro atoms. The SMILES string of the molecule is CC1(C)c2cc3c(cc2-c2c(-c4ccc(C(Cc5ccc(-c6ccccc6)cc5)c5ccc(-c6cccc7c6oc6ccccc67)cc5)cc4)cccc21)C(C)(C)c1cc(-n2c4ccccc4c4ccccc42)cc(C2CCc4ccccc4-c4ccccc42)c1-3. The van der Waals surface area contributed by atoms with Crippen LogP contribution in [0.5, 0.6) is 0 Å². The summed E-state index contributed by atoms with van der Waals surface area (Å²) in [6.45, 7) is 9.91. The fraction of sp³-hybridized carbons (Fsp3) is 0.124. The number of rotatable bonds is 9. The highest BCUT2D eigenvalue weighted by atomic mass is 16.3. The van der Waals surface area contributed by atoms with Crippen molar-refractivity contribution in [2.75, 3.05) is 0 Å². The molecule has 2 nitrogen and oxygen atoms in total. The molecule has 13 aromatic carbocycles. The van der Waals surface area contributed by atoms with Crippen molar-refractivity contribution in [1.82, 2.24) is 4.57 Å². The van der Waals surface area contributed by atoms with Crippen molar-refractivity contribution in [2.24, 2.45) is 0 Å². The van der Waals surface area contributed by atoms with Gasteiger partial charge >= 0.3 is 0 Å². The lowest BCUT2D eigenvalue weighted by Gasteiger charge is -2.26. The number of aryl methyl sites for hydroxylation is 1. The molecule has 0 saturated carbocycles. The van der Waals surface area contributed by atoms with Crippen molar-refractivity contribution in [2.45, 2.75) is 69.6 Å². The maximum atomic E-state index is 6.54. The lowest BCUT2D eigenvalue weighted by Crippen LogP contribution is -2.17. The number of fused-ring (bicyclic) bond motifs is 15. The van der Waals surface area contributed by atoms with Gasteiger partial charge in [0.1, 0.15) is 11.2 Å². The quantitative estimate of drug-likeness (QED) is 0.141. The average molecular weight is 1170 g/mol. The third-order valence-electron chi connectivity index (χ3n) is 21.3. The Morgan fingerprint density at radius 1 is 0.385 bits per heavy atom. The van der Waals surface area contributed by atoms with Gasteiger partial charge in [-0.15, -0.1) is 0 Å². The highest BCUT2D eigenvalue weighted by Gasteiger charge is 2.44. The fourth-order valence-corrected chi connectivity index (χ4v) is 16.7. The zero-order chi connectivity index (χ0) is 60.7. The van der Waals surface area contributed by atoms with Gasteiger partial charge in [0.05, 0.1) is 11.0 Å². The van der Waals surface area contributed by atoms with E-state index in [1.54, 1.807) is 0 Å². The van der Waals surface area contributed by atoms with Crippen LogP contribution in [0.2, 0.25) is 0 Å². The van der Waals surface area contributed by atoms with Gasteiger partial charge in [0.2, 0.25) is 0 Å². The Kier molecular flexibility index (Phi) is 12.1. The maximum absolute atomic E-state index is 6.54. The summed E-state index contributed by atoms with van der Waals surface area (Å²) >= 11 is 0. The molecule has 18 rings (SSSR count). The van der Waals surface area contributed by atoms with Crippen LogP contribution in [0.3, 0.4) is 0 Å². The summed E-state index contributed by atoms with van der Waals surface area (Å²) in [7, 11) is 0. The summed E-state index contributed by atoms with van der Waals surface area (Å²) in [5, 5.41) is 4.86. The van der Waals surface area contributed by atoms with Crippen molar-refractivity contribution in [3.63, 3.8) is 0 Å². The van der Waals surface area contributed by atoms with E-state index in [1.165, 1.54) is 139 Å². The first-order valence-electron chi connectivity index (χ1n) is 32.6. The molecule has 2 heterocycles. The monoisotopic (exact) mass is 1170 g/mol. The van der Waals surface area contributed by atoms with E-state index in [2.05, 4.69) is 311 Å². The number of hydrogen-bond acceptors (Lipinski definition) is 1. The van der Waals surface area contributed by atoms with Crippen LogP contribution >= 0.6 is 0 Å². The predicted molar refractivity (Wildman–Crippen MR) is 380 cm³/mol. The third-order valence-corrected chi connectivity index (χ3v) is 21.3. The van der Waals surface area contributed by atoms with Crippen LogP contribution in [0.15, 0.2) is 290 Å². The van der Waals surface area contributed by atoms with E-state index in [0.29, 0.717) is 0 Å². The predicted octanol–water partition coefficient (Wildman–Crippen LogP) is 23.4. The first-order valence-corrected chi connectivity index (χ1v) is 32.6. The largest absolute Gasteiger partial charge is 0.455 e. The van der Waals surface area contributed by atoms with E-state index in [9.17, 15) is 0 Å². The number of benzene rings is 13. The van der Waals surface area contributed by atoms with Gasteiger partial charge in [0.25, 0.3) is 0 Å². The smallest absolute Gasteiger partial charge is 0.143 e. The minimum absolute atomic E-state index is 0.113. The van der Waals surface area contributed by atoms with Gasteiger partial charge < -0.3 is 8.98 Å². The molecule has 0 amide bonds. The summed E-state index contributed by atoms with van der Waals surface area (Å²) in [4.78, 5) is 0. The zero-order valence-electron chi connectivity index (χ0n) is 51.8. The summed E-state index contributed by atoms with van der Waals surface area (Å²) in [6, 6.07) is 108. The van der Waals surface area contributed by atoms with Crippen LogP contribution in [0.4, 0.5) is 0 Å². The van der Waals surface area contributed by atoms with Crippen molar-refractivity contribution in [1.29, 1.82) is 0 Å². The zero-order valence-corrected chi connectivity index (χ0v) is 51.8. The van der Waals surface area contributed by atoms with Crippen LogP contribution in [-0.2, 0) is 23.7 Å². The summed E-state index contributed by atoms with van der Waals surface area (Å²) in [5.41, 5.74) is 34.2. The molecule has 91 heavy (non-hydrogen) atoms. The number of furan rings is 1. The number of para-hydroxylation sites is 4. The molecule has 0 bridgehead atoms. The Balaban J connectivity index is 0.756. The first kappa shape index (κ1) is 53.5. The maximum Gasteiger partial charge on any atom is 0.143 e. The summed E-state index contributed by atoms with van der Waals surface area (Å²) < 4.78 is 9.09. The first-order chi connectivity index (χ1) is 44.6. The second kappa shape index (κ2) is 20.5. The topological polar surface area (TPSA) is 18.1 Å². The fourth-order valence-electron chi connectivity index (χ4n) is 16.7. The Morgan fingerprint density at radius 2 is 0.923 bits per heavy atom. The van der Waals surface area contributed by atoms with Gasteiger partial charge in [-0.3, -0.25) is 0 Å². The van der Waals surface area contributed by atoms with Gasteiger partial charge in [0, 0.05) is 55.5 Å². The highest BCUT2D eigenvalue weighted by molar-refractivity contribution is 6.11. The van der Waals surface area contributed by atoms with Crippen LogP contribution in [-0.4, -0.2) is 4.57 Å². The van der Waals surface area contributed by atoms with Gasteiger partial charge in [-0.05, 0) is 179 Å². The van der Waals surface area contributed by atoms with Crippen LogP contribution < -0.4 is 0 Å². The Bertz CT molecular complexity index is 5370. The Labute approximate surface area is 532 Å². The van der Waals surface area contributed by atoms with Crippen molar-refractivity contribution < 1.29 is 4.42 Å². The lowest BCUT2D eigenvalue weighted by molar-refractivity contribution is 0.651. The summed E-state index contributed by atoms with van der Waals surface area (Å²) in [6.07, 6.45) is 2.89. The van der Waals surface area contributed by atoms with Crippen molar-refractivity contribution in [3.05, 3.63) is 341 Å². The molecule has 434 valence electrons. The minimum atomic E-state index is -0.310. The summed E-state index contributed by atoms with van der Waals surface area (Å²) in [5.74, 6) is 0.283. The number of hydrogen-bond donors (Lipinski definition) is 0. The second-order valence-electron chi connectivity index (χ2n) is 26.9. The van der Waals surface area contributed by atoms with Crippen molar-refractivity contribution >= 4 is 43.7 Å². The molecule has 2 unspecified atom stereocenters. The van der Waals surface area contributed by atoms with Gasteiger partial charge in [-0.25, -0.2) is 0 Å². The van der Waals surface area contributed by atoms with E-state index in [-0.39, 0.29) is 22.7 Å². The molecule has 0 fully saturated rings. The second-order valence-corrected chi connectivity index (χ2v) is 26.9. The van der Waals surface area contributed by atoms with E-state index < -0.39 is 0 Å². The number of aromatic nitrogens is 1. The highest BCUT2D eigenvalue weighted by Crippen LogP contribution is 2.60. The molecule has 0 aliphatic heterocycles. The van der Waals surface area contributed by atoms with Crippen LogP contribution in [0.1, 0.15) is 102 Å². The normalized spacial score (nSPS) is 15.2. The molecule has 2 aromatic heterocycles. The molecule has 2 heteroatoms. The van der Waals surface area contributed by atoms with Crippen LogP contribution in [0, 0.1) is 0 Å². The molecule has 15 aromatic rings.